The zero-order valence-electron chi connectivity index (χ0n) is 9.56. The SMILES string of the molecule is CC(C)CC(N)=O.CCCC(O)C(=O)O. The second kappa shape index (κ2) is 9.45. The first-order valence-electron chi connectivity index (χ1n) is 5.00. The Hall–Kier alpha value is -1.10. The van der Waals surface area contributed by atoms with Crippen molar-refractivity contribution in [2.75, 3.05) is 0 Å². The van der Waals surface area contributed by atoms with E-state index < -0.39 is 12.1 Å². The number of carbonyl (C=O) groups excluding carboxylic acids is 1. The van der Waals surface area contributed by atoms with Crippen LogP contribution >= 0.6 is 0 Å². The molecule has 0 radical (unpaired) electrons. The first-order chi connectivity index (χ1) is 6.81. The molecule has 0 aliphatic heterocycles. The van der Waals surface area contributed by atoms with Crippen LogP contribution in [0.25, 0.3) is 0 Å². The molecule has 5 nitrogen and oxygen atoms in total. The van der Waals surface area contributed by atoms with Crippen molar-refractivity contribution in [2.45, 2.75) is 46.1 Å². The maximum absolute atomic E-state index is 10.0. The van der Waals surface area contributed by atoms with E-state index in [1.165, 1.54) is 0 Å². The van der Waals surface area contributed by atoms with Crippen molar-refractivity contribution in [3.05, 3.63) is 0 Å². The molecule has 1 atom stereocenters. The number of aliphatic hydroxyl groups is 1. The van der Waals surface area contributed by atoms with Gasteiger partial charge in [0.2, 0.25) is 5.91 Å². The highest BCUT2D eigenvalue weighted by atomic mass is 16.4. The third-order valence-electron chi connectivity index (χ3n) is 1.46. The highest BCUT2D eigenvalue weighted by Gasteiger charge is 2.09. The molecule has 0 aromatic heterocycles. The topological polar surface area (TPSA) is 101 Å². The average molecular weight is 219 g/mol. The van der Waals surface area contributed by atoms with Crippen LogP contribution in [0, 0.1) is 5.92 Å². The van der Waals surface area contributed by atoms with Crippen LogP contribution in [0.5, 0.6) is 0 Å². The maximum Gasteiger partial charge on any atom is 0.332 e. The minimum absolute atomic E-state index is 0.213. The Morgan fingerprint density at radius 3 is 1.87 bits per heavy atom. The van der Waals surface area contributed by atoms with Crippen LogP contribution in [0.3, 0.4) is 0 Å². The Bertz CT molecular complexity index is 192. The normalized spacial score (nSPS) is 11.5. The van der Waals surface area contributed by atoms with Crippen molar-refractivity contribution in [1.82, 2.24) is 0 Å². The van der Waals surface area contributed by atoms with Gasteiger partial charge in [-0.05, 0) is 12.3 Å². The van der Waals surface area contributed by atoms with E-state index in [2.05, 4.69) is 0 Å². The monoisotopic (exact) mass is 219 g/mol. The molecule has 90 valence electrons. The van der Waals surface area contributed by atoms with Gasteiger partial charge in [0.1, 0.15) is 0 Å². The quantitative estimate of drug-likeness (QED) is 0.635. The predicted molar refractivity (Wildman–Crippen MR) is 57.2 cm³/mol. The van der Waals surface area contributed by atoms with E-state index in [1.54, 1.807) is 0 Å². The predicted octanol–water partition coefficient (Wildman–Crippen LogP) is 0.750. The number of carboxylic acid groups (broad SMARTS) is 1. The Balaban J connectivity index is 0. The van der Waals surface area contributed by atoms with E-state index in [1.807, 2.05) is 20.8 Å². The van der Waals surface area contributed by atoms with Gasteiger partial charge in [-0.3, -0.25) is 4.79 Å². The number of nitrogens with two attached hydrogens (primary N) is 1. The molecule has 0 aliphatic carbocycles. The van der Waals surface area contributed by atoms with Crippen molar-refractivity contribution >= 4 is 11.9 Å². The number of carboxylic acids is 1. The molecule has 0 rings (SSSR count). The van der Waals surface area contributed by atoms with Crippen molar-refractivity contribution in [3.63, 3.8) is 0 Å². The van der Waals surface area contributed by atoms with Gasteiger partial charge in [0.15, 0.2) is 6.10 Å². The molecule has 15 heavy (non-hydrogen) atoms. The lowest BCUT2D eigenvalue weighted by Gasteiger charge is -1.99. The Labute approximate surface area is 90.3 Å². The van der Waals surface area contributed by atoms with E-state index in [0.29, 0.717) is 25.2 Å². The first-order valence-corrected chi connectivity index (χ1v) is 5.00. The van der Waals surface area contributed by atoms with Crippen LogP contribution in [-0.2, 0) is 9.59 Å². The molecule has 0 aromatic carbocycles. The zero-order chi connectivity index (χ0) is 12.4. The van der Waals surface area contributed by atoms with Crippen molar-refractivity contribution < 1.29 is 19.8 Å². The molecular formula is C10H21NO4. The molecule has 0 fully saturated rings. The van der Waals surface area contributed by atoms with E-state index in [0.717, 1.165) is 0 Å². The number of hydrogen-bond acceptors (Lipinski definition) is 3. The summed E-state index contributed by atoms with van der Waals surface area (Å²) in [5.41, 5.74) is 4.85. The fraction of sp³-hybridized carbons (Fsp3) is 0.800. The van der Waals surface area contributed by atoms with Gasteiger partial charge in [0, 0.05) is 6.42 Å². The van der Waals surface area contributed by atoms with E-state index in [-0.39, 0.29) is 5.91 Å². The van der Waals surface area contributed by atoms with Crippen molar-refractivity contribution in [3.8, 4) is 0 Å². The first kappa shape index (κ1) is 16.3. The summed E-state index contributed by atoms with van der Waals surface area (Å²) in [6.07, 6.45) is 0.378. The molecule has 4 N–H and O–H groups in total. The third-order valence-corrected chi connectivity index (χ3v) is 1.46. The molecule has 0 spiro atoms. The van der Waals surface area contributed by atoms with Gasteiger partial charge in [0.05, 0.1) is 0 Å². The molecule has 1 unspecified atom stereocenters. The van der Waals surface area contributed by atoms with Crippen LogP contribution in [0.2, 0.25) is 0 Å². The lowest BCUT2D eigenvalue weighted by Crippen LogP contribution is -2.18. The minimum Gasteiger partial charge on any atom is -0.479 e. The zero-order valence-corrected chi connectivity index (χ0v) is 9.56. The highest BCUT2D eigenvalue weighted by molar-refractivity contribution is 5.73. The lowest BCUT2D eigenvalue weighted by atomic mass is 10.1. The molecule has 1 amide bonds. The number of carbonyl (C=O) groups is 2. The van der Waals surface area contributed by atoms with Gasteiger partial charge >= 0.3 is 5.97 Å². The summed E-state index contributed by atoms with van der Waals surface area (Å²) in [7, 11) is 0. The molecule has 5 heteroatoms. The standard InChI is InChI=1S/C5H11NO.C5H10O3/c1-4(2)3-5(6)7;1-2-3-4(6)5(7)8/h4H,3H2,1-2H3,(H2,6,7);4,6H,2-3H2,1H3,(H,7,8). The van der Waals surface area contributed by atoms with E-state index in [4.69, 9.17) is 15.9 Å². The second-order valence-electron chi connectivity index (χ2n) is 3.71. The van der Waals surface area contributed by atoms with Crippen LogP contribution in [0.4, 0.5) is 0 Å². The van der Waals surface area contributed by atoms with Gasteiger partial charge in [-0.25, -0.2) is 4.79 Å². The van der Waals surface area contributed by atoms with E-state index >= 15 is 0 Å². The largest absolute Gasteiger partial charge is 0.479 e. The minimum atomic E-state index is -1.17. The molecule has 0 heterocycles. The fourth-order valence-corrected chi connectivity index (χ4v) is 0.799. The maximum atomic E-state index is 10.0. The highest BCUT2D eigenvalue weighted by Crippen LogP contribution is 1.95. The summed E-state index contributed by atoms with van der Waals surface area (Å²) < 4.78 is 0. The molecule has 0 aromatic rings. The Morgan fingerprint density at radius 2 is 1.80 bits per heavy atom. The molecule has 0 bridgehead atoms. The number of primary amides is 1. The molecule has 0 aliphatic rings. The van der Waals surface area contributed by atoms with Crippen LogP contribution in [-0.4, -0.2) is 28.2 Å². The number of amides is 1. The summed E-state index contributed by atoms with van der Waals surface area (Å²) in [4.78, 5) is 19.9. The molecule has 0 saturated carbocycles. The van der Waals surface area contributed by atoms with E-state index in [9.17, 15) is 9.59 Å². The average Bonchev–Trinajstić information content (AvgIpc) is 2.02. The summed E-state index contributed by atoms with van der Waals surface area (Å²) in [5, 5.41) is 16.6. The number of rotatable bonds is 5. The fourth-order valence-electron chi connectivity index (χ4n) is 0.799. The van der Waals surface area contributed by atoms with Crippen LogP contribution in [0.15, 0.2) is 0 Å². The summed E-state index contributed by atoms with van der Waals surface area (Å²) in [6, 6.07) is 0. The Morgan fingerprint density at radius 1 is 1.33 bits per heavy atom. The summed E-state index contributed by atoms with van der Waals surface area (Å²) >= 11 is 0. The molecular weight excluding hydrogens is 198 g/mol. The van der Waals surface area contributed by atoms with Gasteiger partial charge in [-0.1, -0.05) is 27.2 Å². The van der Waals surface area contributed by atoms with Gasteiger partial charge in [0.25, 0.3) is 0 Å². The summed E-state index contributed by atoms with van der Waals surface area (Å²) in [6.45, 7) is 5.75. The van der Waals surface area contributed by atoms with Crippen molar-refractivity contribution in [2.24, 2.45) is 11.7 Å². The Kier molecular flexibility index (Phi) is 10.3. The third kappa shape index (κ3) is 15.6. The number of aliphatic hydroxyl groups excluding tert-OH is 1. The van der Waals surface area contributed by atoms with Crippen molar-refractivity contribution in [1.29, 1.82) is 0 Å². The number of hydrogen-bond donors (Lipinski definition) is 3. The van der Waals surface area contributed by atoms with Gasteiger partial charge in [-0.2, -0.15) is 0 Å². The smallest absolute Gasteiger partial charge is 0.332 e. The van der Waals surface area contributed by atoms with Crippen LogP contribution < -0.4 is 5.73 Å². The summed E-state index contributed by atoms with van der Waals surface area (Å²) in [5.74, 6) is -0.945. The van der Waals surface area contributed by atoms with Gasteiger partial charge in [-0.15, -0.1) is 0 Å². The van der Waals surface area contributed by atoms with Crippen LogP contribution in [0.1, 0.15) is 40.0 Å². The molecule has 0 saturated heterocycles. The number of aliphatic carboxylic acids is 1. The second-order valence-corrected chi connectivity index (χ2v) is 3.71. The van der Waals surface area contributed by atoms with Gasteiger partial charge < -0.3 is 15.9 Å². The lowest BCUT2D eigenvalue weighted by molar-refractivity contribution is -0.146.